The van der Waals surface area contributed by atoms with Crippen LogP contribution >= 0.6 is 0 Å². The molecule has 0 radical (unpaired) electrons. The van der Waals surface area contributed by atoms with Gasteiger partial charge in [0.2, 0.25) is 0 Å². The van der Waals surface area contributed by atoms with Gasteiger partial charge in [0, 0.05) is 35.9 Å². The number of hydrogen-bond donors (Lipinski definition) is 1. The maximum absolute atomic E-state index is 11.0. The highest BCUT2D eigenvalue weighted by molar-refractivity contribution is 5.87. The van der Waals surface area contributed by atoms with Crippen LogP contribution in [0, 0.1) is 10.1 Å². The zero-order valence-electron chi connectivity index (χ0n) is 12.3. The molecule has 0 aromatic carbocycles. The Bertz CT molecular complexity index is 611. The Morgan fingerprint density at radius 3 is 2.50 bits per heavy atom. The normalized spacial score (nSPS) is 11.9. The van der Waals surface area contributed by atoms with Crippen LogP contribution in [-0.4, -0.2) is 31.9 Å². The molecule has 0 saturated heterocycles. The van der Waals surface area contributed by atoms with E-state index in [1.807, 2.05) is 6.07 Å². The summed E-state index contributed by atoms with van der Waals surface area (Å²) in [5.41, 5.74) is 1.54. The first-order valence-electron chi connectivity index (χ1n) is 6.76. The Hall–Kier alpha value is -1.95. The van der Waals surface area contributed by atoms with E-state index in [1.54, 1.807) is 6.20 Å². The number of nitrogens with zero attached hydrogens (tertiary/aromatic N) is 3. The SMILES string of the molecule is CC(C)N(Cc1cc2cncc([N+](=O)[O-])c2[nH]1)C(C)C. The largest absolute Gasteiger partial charge is 0.352 e. The van der Waals surface area contributed by atoms with Crippen LogP contribution in [0.3, 0.4) is 0 Å². The van der Waals surface area contributed by atoms with Gasteiger partial charge in [-0.15, -0.1) is 0 Å². The molecule has 0 saturated carbocycles. The van der Waals surface area contributed by atoms with Crippen molar-refractivity contribution in [3.8, 4) is 0 Å². The fourth-order valence-corrected chi connectivity index (χ4v) is 2.48. The summed E-state index contributed by atoms with van der Waals surface area (Å²) in [5, 5.41) is 11.8. The second-order valence-corrected chi connectivity index (χ2v) is 5.53. The molecular formula is C14H20N4O2. The van der Waals surface area contributed by atoms with Gasteiger partial charge in [-0.3, -0.25) is 20.0 Å². The molecule has 0 atom stereocenters. The van der Waals surface area contributed by atoms with Gasteiger partial charge in [-0.05, 0) is 33.8 Å². The fraction of sp³-hybridized carbons (Fsp3) is 0.500. The second kappa shape index (κ2) is 5.58. The smallest absolute Gasteiger partial charge is 0.311 e. The average Bonchev–Trinajstić information content (AvgIpc) is 2.76. The summed E-state index contributed by atoms with van der Waals surface area (Å²) in [6, 6.07) is 2.76. The highest BCUT2D eigenvalue weighted by atomic mass is 16.6. The van der Waals surface area contributed by atoms with Crippen LogP contribution in [0.2, 0.25) is 0 Å². The maximum Gasteiger partial charge on any atom is 0.311 e. The van der Waals surface area contributed by atoms with E-state index in [9.17, 15) is 10.1 Å². The molecule has 0 aliphatic rings. The Balaban J connectivity index is 2.37. The Morgan fingerprint density at radius 2 is 1.95 bits per heavy atom. The molecule has 0 aliphatic heterocycles. The Kier molecular flexibility index (Phi) is 4.04. The molecule has 0 fully saturated rings. The van der Waals surface area contributed by atoms with Crippen molar-refractivity contribution < 1.29 is 4.92 Å². The number of pyridine rings is 1. The van der Waals surface area contributed by atoms with E-state index in [-0.39, 0.29) is 5.69 Å². The number of rotatable bonds is 5. The lowest BCUT2D eigenvalue weighted by atomic mass is 10.2. The maximum atomic E-state index is 11.0. The van der Waals surface area contributed by atoms with Crippen LogP contribution in [0.25, 0.3) is 10.9 Å². The number of aromatic nitrogens is 2. The second-order valence-electron chi connectivity index (χ2n) is 5.53. The lowest BCUT2D eigenvalue weighted by Gasteiger charge is -2.29. The van der Waals surface area contributed by atoms with Crippen molar-refractivity contribution in [1.82, 2.24) is 14.9 Å². The van der Waals surface area contributed by atoms with E-state index in [2.05, 4.69) is 42.6 Å². The number of hydrogen-bond acceptors (Lipinski definition) is 4. The van der Waals surface area contributed by atoms with Gasteiger partial charge in [0.25, 0.3) is 0 Å². The van der Waals surface area contributed by atoms with Crippen LogP contribution in [0.15, 0.2) is 18.5 Å². The minimum Gasteiger partial charge on any atom is -0.352 e. The predicted octanol–water partition coefficient (Wildman–Crippen LogP) is 3.09. The van der Waals surface area contributed by atoms with E-state index in [4.69, 9.17) is 0 Å². The molecule has 0 aliphatic carbocycles. The molecule has 20 heavy (non-hydrogen) atoms. The van der Waals surface area contributed by atoms with E-state index < -0.39 is 4.92 Å². The molecular weight excluding hydrogens is 256 g/mol. The summed E-state index contributed by atoms with van der Waals surface area (Å²) in [6.45, 7) is 9.32. The van der Waals surface area contributed by atoms with Crippen LogP contribution in [-0.2, 0) is 6.54 Å². The van der Waals surface area contributed by atoms with Crippen molar-refractivity contribution in [1.29, 1.82) is 0 Å². The molecule has 0 unspecified atom stereocenters. The molecule has 2 rings (SSSR count). The molecule has 6 nitrogen and oxygen atoms in total. The first-order chi connectivity index (χ1) is 9.40. The van der Waals surface area contributed by atoms with E-state index in [0.29, 0.717) is 17.6 Å². The number of fused-ring (bicyclic) bond motifs is 1. The van der Waals surface area contributed by atoms with Crippen molar-refractivity contribution >= 4 is 16.6 Å². The summed E-state index contributed by atoms with van der Waals surface area (Å²) in [7, 11) is 0. The molecule has 2 aromatic rings. The summed E-state index contributed by atoms with van der Waals surface area (Å²) in [6.07, 6.45) is 2.93. The van der Waals surface area contributed by atoms with Crippen LogP contribution < -0.4 is 0 Å². The van der Waals surface area contributed by atoms with Gasteiger partial charge >= 0.3 is 5.69 Å². The first kappa shape index (κ1) is 14.5. The molecule has 1 N–H and O–H groups in total. The summed E-state index contributed by atoms with van der Waals surface area (Å²) in [5.74, 6) is 0. The van der Waals surface area contributed by atoms with Crippen LogP contribution in [0.5, 0.6) is 0 Å². The number of H-pyrrole nitrogens is 1. The third-order valence-corrected chi connectivity index (χ3v) is 3.45. The minimum absolute atomic E-state index is 0.0226. The Labute approximate surface area is 118 Å². The van der Waals surface area contributed by atoms with Crippen LogP contribution in [0.4, 0.5) is 5.69 Å². The van der Waals surface area contributed by atoms with Crippen molar-refractivity contribution in [2.45, 2.75) is 46.3 Å². The molecule has 0 spiro atoms. The summed E-state index contributed by atoms with van der Waals surface area (Å²) >= 11 is 0. The number of nitrogens with one attached hydrogen (secondary N) is 1. The van der Waals surface area contributed by atoms with Crippen molar-refractivity contribution in [3.05, 3.63) is 34.3 Å². The van der Waals surface area contributed by atoms with Gasteiger partial charge in [0.15, 0.2) is 0 Å². The van der Waals surface area contributed by atoms with Crippen molar-refractivity contribution in [2.24, 2.45) is 0 Å². The summed E-state index contributed by atoms with van der Waals surface area (Å²) in [4.78, 5) is 20.0. The number of nitro groups is 1. The molecule has 0 bridgehead atoms. The van der Waals surface area contributed by atoms with Crippen molar-refractivity contribution in [2.75, 3.05) is 0 Å². The third kappa shape index (κ3) is 2.80. The van der Waals surface area contributed by atoms with Gasteiger partial charge in [-0.1, -0.05) is 0 Å². The monoisotopic (exact) mass is 276 g/mol. The third-order valence-electron chi connectivity index (χ3n) is 3.45. The summed E-state index contributed by atoms with van der Waals surface area (Å²) < 4.78 is 0. The van der Waals surface area contributed by atoms with Crippen LogP contribution in [0.1, 0.15) is 33.4 Å². The van der Waals surface area contributed by atoms with E-state index in [1.165, 1.54) is 6.20 Å². The quantitative estimate of drug-likeness (QED) is 0.672. The van der Waals surface area contributed by atoms with Gasteiger partial charge in [0.1, 0.15) is 11.7 Å². The van der Waals surface area contributed by atoms with Gasteiger partial charge in [-0.2, -0.15) is 0 Å². The molecule has 108 valence electrons. The first-order valence-corrected chi connectivity index (χ1v) is 6.76. The lowest BCUT2D eigenvalue weighted by Crippen LogP contribution is -2.36. The highest BCUT2D eigenvalue weighted by Gasteiger charge is 2.18. The zero-order valence-corrected chi connectivity index (χ0v) is 12.3. The van der Waals surface area contributed by atoms with E-state index in [0.717, 1.165) is 17.6 Å². The van der Waals surface area contributed by atoms with Gasteiger partial charge < -0.3 is 4.98 Å². The standard InChI is InChI=1S/C14H20N4O2/c1-9(2)17(10(3)4)8-12-5-11-6-15-7-13(18(19)20)14(11)16-12/h5-7,9-10,16H,8H2,1-4H3. The van der Waals surface area contributed by atoms with Gasteiger partial charge in [0.05, 0.1) is 4.92 Å². The van der Waals surface area contributed by atoms with Gasteiger partial charge in [-0.25, -0.2) is 0 Å². The molecule has 2 aromatic heterocycles. The van der Waals surface area contributed by atoms with Crippen molar-refractivity contribution in [3.63, 3.8) is 0 Å². The fourth-order valence-electron chi connectivity index (χ4n) is 2.48. The number of aromatic amines is 1. The molecule has 2 heterocycles. The topological polar surface area (TPSA) is 75.1 Å². The highest BCUT2D eigenvalue weighted by Crippen LogP contribution is 2.25. The molecule has 0 amide bonds. The lowest BCUT2D eigenvalue weighted by molar-refractivity contribution is -0.383. The van der Waals surface area contributed by atoms with E-state index >= 15 is 0 Å². The Morgan fingerprint density at radius 1 is 1.30 bits per heavy atom. The zero-order chi connectivity index (χ0) is 14.9. The average molecular weight is 276 g/mol. The predicted molar refractivity (Wildman–Crippen MR) is 78.6 cm³/mol. The minimum atomic E-state index is -0.404. The molecule has 6 heteroatoms.